The lowest BCUT2D eigenvalue weighted by atomic mass is 10.0. The first-order chi connectivity index (χ1) is 33.0. The van der Waals surface area contributed by atoms with Crippen molar-refractivity contribution >= 4 is 52.6 Å². The average molecular weight is 985 g/mol. The molecule has 17 heteroatoms. The molecule has 0 aliphatic carbocycles. The Morgan fingerprint density at radius 1 is 0.362 bits per heavy atom. The Balaban J connectivity index is 1.29. The van der Waals surface area contributed by atoms with Gasteiger partial charge in [-0.1, -0.05) is 87.6 Å². The molecule has 5 heterocycles. The summed E-state index contributed by atoms with van der Waals surface area (Å²) in [6.07, 6.45) is 6.90. The second-order valence-corrected chi connectivity index (χ2v) is 21.0. The van der Waals surface area contributed by atoms with Gasteiger partial charge in [0.25, 0.3) is 30.4 Å². The van der Waals surface area contributed by atoms with Gasteiger partial charge in [-0.25, -0.2) is 0 Å². The van der Waals surface area contributed by atoms with Crippen LogP contribution in [0.2, 0.25) is 0 Å². The lowest BCUT2D eigenvalue weighted by Gasteiger charge is -2.11. The predicted octanol–water partition coefficient (Wildman–Crippen LogP) is 6.78. The number of H-pyrrole nitrogens is 4. The predicted molar refractivity (Wildman–Crippen MR) is 262 cm³/mol. The van der Waals surface area contributed by atoms with Gasteiger partial charge < -0.3 is 24.7 Å². The first-order valence-corrected chi connectivity index (χ1v) is 26.6. The molecular weight excluding hydrogens is 937 g/mol. The van der Waals surface area contributed by atoms with Crippen LogP contribution >= 0.6 is 0 Å². The van der Waals surface area contributed by atoms with Crippen LogP contribution in [0, 0.1) is 0 Å². The van der Waals surface area contributed by atoms with Gasteiger partial charge in [0.2, 0.25) is 0 Å². The van der Waals surface area contributed by atoms with Gasteiger partial charge in [0.05, 0.1) is 21.3 Å². The van der Waals surface area contributed by atoms with Crippen molar-refractivity contribution in [3.8, 4) is 5.75 Å². The number of aromatic amines is 4. The minimum Gasteiger partial charge on any atom is -0.494 e. The second kappa shape index (κ2) is 19.2. The van der Waals surface area contributed by atoms with Gasteiger partial charge in [0.1, 0.15) is 5.75 Å². The van der Waals surface area contributed by atoms with Crippen molar-refractivity contribution < 1.29 is 43.6 Å². The highest BCUT2D eigenvalue weighted by atomic mass is 32.2. The van der Waals surface area contributed by atoms with Gasteiger partial charge in [0.15, 0.2) is 0 Å². The van der Waals surface area contributed by atoms with Gasteiger partial charge in [-0.2, -0.15) is 25.3 Å². The standard InChI is InChI=1S/C52H48N4O10S3/c1-2-3-4-5-6-7-32-66-37-16-8-33(9-17-37)49-41-24-26-43(53-41)50(34-10-18-38(19-11-34)67(57,58)59)45-28-30-47(55-45)52(36-14-22-40(23-15-36)69(63,64)65)48-31-29-46(56-48)51(44-27-25-42(49)54-44)35-12-20-39(21-13-35)68(60,61)62/h8-31,53-56H,2-7,32H2,1H3,(H,57,58,59)(H,60,61,62)(H,63,64,65). The van der Waals surface area contributed by atoms with E-state index < -0.39 is 30.4 Å². The maximum atomic E-state index is 12.1. The number of fused-ring (bicyclic) bond motifs is 8. The van der Waals surface area contributed by atoms with E-state index in [0.29, 0.717) is 73.1 Å². The van der Waals surface area contributed by atoms with Crippen LogP contribution in [-0.4, -0.2) is 65.5 Å². The van der Waals surface area contributed by atoms with Crippen LogP contribution in [0.1, 0.15) is 90.5 Å². The Labute approximate surface area is 398 Å². The molecule has 0 spiro atoms. The van der Waals surface area contributed by atoms with Gasteiger partial charge in [-0.05, 0) is 126 Å². The maximum Gasteiger partial charge on any atom is 0.294 e. The van der Waals surface area contributed by atoms with Crippen molar-refractivity contribution in [3.63, 3.8) is 0 Å². The molecule has 0 atom stereocenters. The topological polar surface area (TPSA) is 235 Å². The minimum atomic E-state index is -4.51. The molecule has 69 heavy (non-hydrogen) atoms. The third-order valence-electron chi connectivity index (χ3n) is 12.1. The monoisotopic (exact) mass is 984 g/mol. The van der Waals surface area contributed by atoms with Crippen LogP contribution in [0.15, 0.2) is 160 Å². The van der Waals surface area contributed by atoms with Gasteiger partial charge >= 0.3 is 0 Å². The summed E-state index contributed by atoms with van der Waals surface area (Å²) in [4.78, 5) is 13.6. The Kier molecular flexibility index (Phi) is 13.1. The Hall–Kier alpha value is -6.99. The van der Waals surface area contributed by atoms with E-state index in [0.717, 1.165) is 40.8 Å². The quantitative estimate of drug-likeness (QED) is 0.0420. The van der Waals surface area contributed by atoms with Crippen LogP contribution in [0.4, 0.5) is 0 Å². The summed E-state index contributed by atoms with van der Waals surface area (Å²) in [6, 6.07) is 40.6. The molecule has 1 aliphatic heterocycles. The molecule has 7 N–H and O–H groups in total. The Morgan fingerprint density at radius 3 is 0.957 bits per heavy atom. The second-order valence-electron chi connectivity index (χ2n) is 16.8. The zero-order valence-electron chi connectivity index (χ0n) is 37.2. The van der Waals surface area contributed by atoms with E-state index in [1.165, 1.54) is 62.1 Å². The largest absolute Gasteiger partial charge is 0.494 e. The molecule has 1 aliphatic rings. The number of unbranched alkanes of at least 4 members (excludes halogenated alkanes) is 5. The van der Waals surface area contributed by atoms with Crippen LogP contribution in [0.25, 0.3) is 22.3 Å². The zero-order valence-corrected chi connectivity index (χ0v) is 39.7. The minimum absolute atomic E-state index is 0.269. The van der Waals surface area contributed by atoms with Crippen molar-refractivity contribution in [2.24, 2.45) is 0 Å². The molecule has 0 saturated carbocycles. The van der Waals surface area contributed by atoms with Gasteiger partial charge in [0, 0.05) is 66.5 Å². The molecule has 4 aromatic heterocycles. The summed E-state index contributed by atoms with van der Waals surface area (Å²) in [5, 5.41) is 2.58. The number of aromatic nitrogens is 4. The zero-order chi connectivity index (χ0) is 48.5. The van der Waals surface area contributed by atoms with E-state index in [-0.39, 0.29) is 14.7 Å². The third kappa shape index (κ3) is 10.2. The highest BCUT2D eigenvalue weighted by molar-refractivity contribution is 7.86. The summed E-state index contributed by atoms with van der Waals surface area (Å²) < 4.78 is 108. The SMILES string of the molecule is CCCCCCCCOc1ccc(C2=c3ccc([nH]3)=C(c3ccc(S(=O)(=O)O)cc3)c3ccc([nH]3)C(c3ccc(S(=O)(=O)O)cc3)=c3ccc([nH]3)=C(c3ccc(S(=O)(=O)O)cc3)c3ccc2[nH]3)cc1. The van der Waals surface area contributed by atoms with Crippen molar-refractivity contribution in [2.45, 2.75) is 60.1 Å². The Bertz CT molecular complexity index is 3790. The van der Waals surface area contributed by atoms with E-state index in [4.69, 9.17) is 4.74 Å². The fourth-order valence-corrected chi connectivity index (χ4v) is 10.2. The molecule has 0 unspecified atom stereocenters. The van der Waals surface area contributed by atoms with Gasteiger partial charge in [-0.3, -0.25) is 13.7 Å². The molecule has 0 saturated heterocycles. The van der Waals surface area contributed by atoms with E-state index in [1.54, 1.807) is 36.4 Å². The fraction of sp³-hybridized carbons (Fsp3) is 0.154. The summed E-state index contributed by atoms with van der Waals surface area (Å²) in [6.45, 7) is 2.81. The first-order valence-electron chi connectivity index (χ1n) is 22.3. The van der Waals surface area contributed by atoms with E-state index in [2.05, 4.69) is 26.9 Å². The number of hydrogen-bond donors (Lipinski definition) is 7. The molecular formula is C52H48N4O10S3. The highest BCUT2D eigenvalue weighted by Crippen LogP contribution is 2.30. The number of ether oxygens (including phenoxy) is 1. The van der Waals surface area contributed by atoms with E-state index in [9.17, 15) is 38.9 Å². The van der Waals surface area contributed by atoms with Crippen LogP contribution in [0.3, 0.4) is 0 Å². The summed E-state index contributed by atoms with van der Waals surface area (Å²) in [7, 11) is -13.5. The number of hydrogen-bond acceptors (Lipinski definition) is 7. The van der Waals surface area contributed by atoms with E-state index >= 15 is 0 Å². The molecule has 0 radical (unpaired) electrons. The Morgan fingerprint density at radius 2 is 0.652 bits per heavy atom. The van der Waals surface area contributed by atoms with Crippen molar-refractivity contribution in [3.05, 3.63) is 212 Å². The smallest absolute Gasteiger partial charge is 0.294 e. The lowest BCUT2D eigenvalue weighted by Crippen LogP contribution is -2.19. The van der Waals surface area contributed by atoms with Crippen molar-refractivity contribution in [1.82, 2.24) is 19.9 Å². The van der Waals surface area contributed by atoms with Crippen LogP contribution < -0.4 is 26.1 Å². The third-order valence-corrected chi connectivity index (χ3v) is 14.7. The highest BCUT2D eigenvalue weighted by Gasteiger charge is 2.21. The lowest BCUT2D eigenvalue weighted by molar-refractivity contribution is 0.304. The van der Waals surface area contributed by atoms with Crippen LogP contribution in [-0.2, 0) is 30.4 Å². The fourth-order valence-electron chi connectivity index (χ4n) is 8.74. The summed E-state index contributed by atoms with van der Waals surface area (Å²) >= 11 is 0. The van der Waals surface area contributed by atoms with Gasteiger partial charge in [-0.15, -0.1) is 0 Å². The van der Waals surface area contributed by atoms with E-state index in [1.807, 2.05) is 72.8 Å². The molecule has 8 bridgehead atoms. The molecule has 8 aromatic rings. The van der Waals surface area contributed by atoms with Crippen LogP contribution in [0.5, 0.6) is 5.75 Å². The van der Waals surface area contributed by atoms with Crippen molar-refractivity contribution in [2.75, 3.05) is 6.61 Å². The number of rotatable bonds is 15. The average Bonchev–Trinajstić information content (AvgIpc) is 4.17. The molecule has 354 valence electrons. The summed E-state index contributed by atoms with van der Waals surface area (Å²) in [5.41, 5.74) is 7.96. The molecule has 0 fully saturated rings. The molecule has 0 amide bonds. The molecule has 14 nitrogen and oxygen atoms in total. The first kappa shape index (κ1) is 47.1. The normalized spacial score (nSPS) is 13.3. The summed E-state index contributed by atoms with van der Waals surface area (Å²) in [5.74, 6) is 0.740. The number of benzene rings is 4. The molecule has 9 rings (SSSR count). The number of nitrogens with one attached hydrogen (secondary N) is 4. The molecule has 4 aromatic carbocycles. The van der Waals surface area contributed by atoms with Crippen molar-refractivity contribution in [1.29, 1.82) is 0 Å². The maximum absolute atomic E-state index is 12.1.